The molecule has 0 saturated heterocycles. The summed E-state index contributed by atoms with van der Waals surface area (Å²) in [6.07, 6.45) is 0. The normalized spacial score (nSPS) is 14.9. The lowest BCUT2D eigenvalue weighted by Crippen LogP contribution is -1.94. The molecular weight excluding hydrogens is 601 g/mol. The van der Waals surface area contributed by atoms with E-state index in [9.17, 15) is 0 Å². The predicted octanol–water partition coefficient (Wildman–Crippen LogP) is 12.5. The van der Waals surface area contributed by atoms with Gasteiger partial charge in [0.25, 0.3) is 0 Å². The number of aromatic nitrogens is 2. The highest BCUT2D eigenvalue weighted by atomic mass is 16.3. The molecule has 0 spiro atoms. The van der Waals surface area contributed by atoms with E-state index in [0.29, 0.717) is 28.3 Å². The maximum absolute atomic E-state index is 9.13. The van der Waals surface area contributed by atoms with E-state index in [2.05, 4.69) is 6.07 Å². The zero-order valence-electron chi connectivity index (χ0n) is 35.4. The van der Waals surface area contributed by atoms with Crippen LogP contribution in [-0.2, 0) is 0 Å². The first-order valence-corrected chi connectivity index (χ1v) is 15.7. The molecule has 0 fully saturated rings. The number of oxazole rings is 1. The molecule has 0 radical (unpaired) electrons. The third-order valence-corrected chi connectivity index (χ3v) is 9.28. The Labute approximate surface area is 294 Å². The Hall–Kier alpha value is -6.65. The molecule has 0 aliphatic carbocycles. The molecule has 11 aromatic rings. The molecule has 0 aliphatic heterocycles. The van der Waals surface area contributed by atoms with Gasteiger partial charge in [-0.2, -0.15) is 0 Å². The molecule has 0 N–H and O–H groups in total. The molecule has 4 heteroatoms. The van der Waals surface area contributed by atoms with Crippen LogP contribution in [0.2, 0.25) is 0 Å². The van der Waals surface area contributed by atoms with Gasteiger partial charge in [0, 0.05) is 49.6 Å². The summed E-state index contributed by atoms with van der Waals surface area (Å²) in [5, 5.41) is 3.07. The molecule has 0 aliphatic rings. The van der Waals surface area contributed by atoms with Gasteiger partial charge in [0.2, 0.25) is 5.89 Å². The number of nitrogens with zero attached hydrogens (tertiary/aromatic N) is 2. The van der Waals surface area contributed by atoms with Crippen LogP contribution in [0.1, 0.15) is 13.7 Å². The van der Waals surface area contributed by atoms with Crippen LogP contribution < -0.4 is 0 Å². The summed E-state index contributed by atoms with van der Waals surface area (Å²) in [6, 6.07) is 26.1. The van der Waals surface area contributed by atoms with E-state index in [0.717, 1.165) is 43.8 Å². The lowest BCUT2D eigenvalue weighted by atomic mass is 9.95. The maximum atomic E-state index is 9.13. The Morgan fingerprint density at radius 2 is 1.35 bits per heavy atom. The molecule has 4 nitrogen and oxygen atoms in total. The molecule has 0 atom stereocenters. The third kappa shape index (κ3) is 3.83. The number of furan rings is 1. The number of hydrogen-bond acceptors (Lipinski definition) is 3. The van der Waals surface area contributed by atoms with Crippen molar-refractivity contribution in [3.05, 3.63) is 157 Å². The predicted molar refractivity (Wildman–Crippen MR) is 202 cm³/mol. The minimum atomic E-state index is -0.561. The molecule has 49 heavy (non-hydrogen) atoms. The average Bonchev–Trinajstić information content (AvgIpc) is 3.96. The van der Waals surface area contributed by atoms with E-state index in [1.165, 1.54) is 4.57 Å². The van der Waals surface area contributed by atoms with E-state index < -0.39 is 60.4 Å². The minimum absolute atomic E-state index is 0.000221. The summed E-state index contributed by atoms with van der Waals surface area (Å²) >= 11 is 0. The zero-order chi connectivity index (χ0) is 40.8. The van der Waals surface area contributed by atoms with Crippen molar-refractivity contribution in [3.8, 4) is 28.3 Å². The van der Waals surface area contributed by atoms with Gasteiger partial charge in [0.15, 0.2) is 5.58 Å². The third-order valence-electron chi connectivity index (χ3n) is 9.28. The largest absolute Gasteiger partial charge is 0.455 e. The number of hydrogen-bond donors (Lipinski definition) is 0. The summed E-state index contributed by atoms with van der Waals surface area (Å²) in [5.74, 6) is 0.529. The van der Waals surface area contributed by atoms with E-state index in [4.69, 9.17) is 27.5 Å². The molecule has 8 aromatic carbocycles. The number of rotatable bonds is 3. The summed E-state index contributed by atoms with van der Waals surface area (Å²) in [4.78, 5) is 4.71. The van der Waals surface area contributed by atoms with Gasteiger partial charge in [-0.25, -0.2) is 4.98 Å². The Bertz CT molecular complexity index is 3680. The van der Waals surface area contributed by atoms with Crippen molar-refractivity contribution in [2.24, 2.45) is 0 Å². The van der Waals surface area contributed by atoms with Crippen LogP contribution in [0.15, 0.2) is 166 Å². The molecule has 228 valence electrons. The molecule has 0 bridgehead atoms. The first kappa shape index (κ1) is 18.6. The average molecular weight is 637 g/mol. The van der Waals surface area contributed by atoms with Crippen molar-refractivity contribution in [2.75, 3.05) is 0 Å². The lowest BCUT2D eigenvalue weighted by Gasteiger charge is -2.10. The first-order chi connectivity index (χ1) is 28.4. The van der Waals surface area contributed by atoms with Crippen LogP contribution in [0.3, 0.4) is 0 Å². The van der Waals surface area contributed by atoms with Gasteiger partial charge >= 0.3 is 0 Å². The second-order valence-corrected chi connectivity index (χ2v) is 12.0. The van der Waals surface area contributed by atoms with Gasteiger partial charge in [0.05, 0.1) is 24.7 Å². The van der Waals surface area contributed by atoms with Crippen LogP contribution in [0.25, 0.3) is 105 Å². The van der Waals surface area contributed by atoms with Gasteiger partial charge < -0.3 is 13.4 Å². The van der Waals surface area contributed by atoms with E-state index in [1.807, 2.05) is 78.9 Å². The molecule has 0 amide bonds. The van der Waals surface area contributed by atoms with Gasteiger partial charge in [-0.1, -0.05) is 103 Å². The molecule has 0 saturated carbocycles. The topological polar surface area (TPSA) is 44.1 Å². The van der Waals surface area contributed by atoms with Crippen molar-refractivity contribution in [1.82, 2.24) is 9.55 Å². The zero-order valence-corrected chi connectivity index (χ0v) is 25.4. The highest BCUT2D eigenvalue weighted by Crippen LogP contribution is 2.42. The van der Waals surface area contributed by atoms with Crippen LogP contribution in [0, 0.1) is 0 Å². The quantitative estimate of drug-likeness (QED) is 0.194. The summed E-state index contributed by atoms with van der Waals surface area (Å²) < 4.78 is 102. The lowest BCUT2D eigenvalue weighted by molar-refractivity contribution is 0.620. The molecule has 3 heterocycles. The Kier molecular flexibility index (Phi) is 3.77. The maximum Gasteiger partial charge on any atom is 0.227 e. The molecular formula is C45H26N2O2. The smallest absolute Gasteiger partial charge is 0.227 e. The Morgan fingerprint density at radius 1 is 0.531 bits per heavy atom. The highest BCUT2D eigenvalue weighted by Gasteiger charge is 2.19. The fourth-order valence-corrected chi connectivity index (χ4v) is 7.08. The number of para-hydroxylation sites is 1. The number of benzene rings is 8. The van der Waals surface area contributed by atoms with Crippen molar-refractivity contribution in [3.63, 3.8) is 0 Å². The Morgan fingerprint density at radius 3 is 2.27 bits per heavy atom. The standard InChI is InChI=1S/C45H26N2O2/c1-2-11-28(12-3-1)45-46-39-23-19-29(24-42(39)49-45)37-26-38-34-22-20-30(25-41(34)48-44(38)36-16-7-6-14-32(36)37)47-40-17-9-8-15-33(40)35-21-18-27-10-4-5-13-31(27)43(35)47/h1-26H/i4D,5D,8D,9D,10D,13D,15D,17D,18D,21D. The fraction of sp³-hybridized carbons (Fsp3) is 0. The fourth-order valence-electron chi connectivity index (χ4n) is 7.08. The van der Waals surface area contributed by atoms with Crippen LogP contribution >= 0.6 is 0 Å². The van der Waals surface area contributed by atoms with Gasteiger partial charge in [-0.05, 0) is 70.4 Å². The van der Waals surface area contributed by atoms with Crippen molar-refractivity contribution < 1.29 is 22.5 Å². The van der Waals surface area contributed by atoms with Gasteiger partial charge in [-0.15, -0.1) is 0 Å². The second kappa shape index (κ2) is 9.93. The minimum Gasteiger partial charge on any atom is -0.455 e. The van der Waals surface area contributed by atoms with E-state index in [1.54, 1.807) is 12.1 Å². The van der Waals surface area contributed by atoms with Crippen LogP contribution in [-0.4, -0.2) is 9.55 Å². The summed E-state index contributed by atoms with van der Waals surface area (Å²) in [7, 11) is 0. The highest BCUT2D eigenvalue weighted by molar-refractivity contribution is 6.21. The van der Waals surface area contributed by atoms with E-state index in [-0.39, 0.29) is 32.6 Å². The van der Waals surface area contributed by atoms with Gasteiger partial charge in [0.1, 0.15) is 16.7 Å². The monoisotopic (exact) mass is 636 g/mol. The summed E-state index contributed by atoms with van der Waals surface area (Å²) in [6.45, 7) is 0. The van der Waals surface area contributed by atoms with Crippen LogP contribution in [0.4, 0.5) is 0 Å². The van der Waals surface area contributed by atoms with Gasteiger partial charge in [-0.3, -0.25) is 0 Å². The SMILES string of the molecule is [2H]c1c([2H])c([2H])c2c(c1[2H])c([2H])c([2H])c1c3c([2H])c([2H])c([2H])c([2H])c3n(-c3ccc4c(c3)oc3c5ccccc5c(-c5ccc6nc(-c7ccccc7)oc6c5)cc43)c21. The Balaban J connectivity index is 1.20. The molecule has 11 rings (SSSR count). The molecule has 0 unspecified atom stereocenters. The second-order valence-electron chi connectivity index (χ2n) is 12.0. The summed E-state index contributed by atoms with van der Waals surface area (Å²) in [5.41, 5.74) is 5.60. The number of fused-ring (bicyclic) bond motifs is 11. The van der Waals surface area contributed by atoms with Crippen molar-refractivity contribution >= 4 is 76.4 Å². The van der Waals surface area contributed by atoms with Crippen molar-refractivity contribution in [2.45, 2.75) is 0 Å². The molecule has 3 aromatic heterocycles. The first-order valence-electron chi connectivity index (χ1n) is 20.7. The van der Waals surface area contributed by atoms with Crippen LogP contribution in [0.5, 0.6) is 0 Å². The van der Waals surface area contributed by atoms with Crippen molar-refractivity contribution in [1.29, 1.82) is 0 Å². The van der Waals surface area contributed by atoms with E-state index >= 15 is 0 Å².